The smallest absolute Gasteiger partial charge is 0.305 e. The Labute approximate surface area is 173 Å². The molecular formula is C19H19Br2NO5. The molecule has 0 heterocycles. The molecule has 0 unspecified atom stereocenters. The van der Waals surface area contributed by atoms with Gasteiger partial charge in [0.1, 0.15) is 11.5 Å². The number of hydrogen-bond donors (Lipinski definition) is 3. The van der Waals surface area contributed by atoms with Gasteiger partial charge in [-0.1, -0.05) is 13.8 Å². The summed E-state index contributed by atoms with van der Waals surface area (Å²) < 4.78 is 7.03. The van der Waals surface area contributed by atoms with E-state index in [2.05, 4.69) is 37.2 Å². The molecule has 144 valence electrons. The number of aromatic hydroxyl groups is 1. The first kappa shape index (κ1) is 21.2. The summed E-state index contributed by atoms with van der Waals surface area (Å²) in [4.78, 5) is 22.7. The lowest BCUT2D eigenvalue weighted by molar-refractivity contribution is -0.136. The summed E-state index contributed by atoms with van der Waals surface area (Å²) in [5, 5.41) is 21.1. The largest absolute Gasteiger partial charge is 0.508 e. The number of carboxylic acid groups (broad SMARTS) is 1. The molecule has 3 N–H and O–H groups in total. The molecule has 1 amide bonds. The molecule has 0 saturated heterocycles. The maximum absolute atomic E-state index is 12.1. The van der Waals surface area contributed by atoms with Crippen LogP contribution in [0, 0.1) is 0 Å². The van der Waals surface area contributed by atoms with Crippen LogP contribution in [0.2, 0.25) is 0 Å². The van der Waals surface area contributed by atoms with Crippen LogP contribution in [0.1, 0.15) is 42.1 Å². The van der Waals surface area contributed by atoms with Crippen molar-refractivity contribution in [1.29, 1.82) is 0 Å². The van der Waals surface area contributed by atoms with Gasteiger partial charge in [0.25, 0.3) is 5.91 Å². The Hall–Kier alpha value is -2.06. The van der Waals surface area contributed by atoms with Crippen molar-refractivity contribution in [3.8, 4) is 17.2 Å². The van der Waals surface area contributed by atoms with Crippen LogP contribution < -0.4 is 10.1 Å². The Balaban J connectivity index is 2.21. The van der Waals surface area contributed by atoms with Crippen molar-refractivity contribution in [3.05, 3.63) is 50.4 Å². The lowest BCUT2D eigenvalue weighted by Crippen LogP contribution is -2.26. The number of carboxylic acids is 1. The second-order valence-electron chi connectivity index (χ2n) is 6.15. The normalized spacial score (nSPS) is 10.7. The molecule has 0 aromatic heterocycles. The van der Waals surface area contributed by atoms with Gasteiger partial charge in [0.2, 0.25) is 0 Å². The quantitative estimate of drug-likeness (QED) is 0.495. The van der Waals surface area contributed by atoms with Gasteiger partial charge in [-0.15, -0.1) is 0 Å². The SMILES string of the molecule is CC(C)c1cc(Oc2c(Br)cc(C(=O)NCCC(=O)O)cc2Br)ccc1O. The molecule has 0 saturated carbocycles. The second-order valence-corrected chi connectivity index (χ2v) is 7.85. The number of phenolic OH excluding ortho intramolecular Hbond substituents is 1. The van der Waals surface area contributed by atoms with E-state index in [0.29, 0.717) is 26.0 Å². The van der Waals surface area contributed by atoms with Gasteiger partial charge in [-0.25, -0.2) is 0 Å². The van der Waals surface area contributed by atoms with E-state index >= 15 is 0 Å². The molecule has 0 spiro atoms. The molecule has 0 aliphatic heterocycles. The molecule has 27 heavy (non-hydrogen) atoms. The molecular weight excluding hydrogens is 482 g/mol. The topological polar surface area (TPSA) is 95.9 Å². The standard InChI is InChI=1S/C19H19Br2NO5/c1-10(2)13-9-12(3-4-16(13)23)27-18-14(20)7-11(8-15(18)21)19(26)22-6-5-17(24)25/h3-4,7-10,23H,5-6H2,1-2H3,(H,22,26)(H,24,25). The molecule has 2 rings (SSSR count). The Bertz CT molecular complexity index is 844. The lowest BCUT2D eigenvalue weighted by atomic mass is 10.0. The van der Waals surface area contributed by atoms with E-state index in [4.69, 9.17) is 9.84 Å². The summed E-state index contributed by atoms with van der Waals surface area (Å²) in [7, 11) is 0. The third kappa shape index (κ3) is 5.71. The Morgan fingerprint density at radius 3 is 2.33 bits per heavy atom. The van der Waals surface area contributed by atoms with E-state index in [-0.39, 0.29) is 30.5 Å². The number of nitrogens with one attached hydrogen (secondary N) is 1. The molecule has 2 aromatic rings. The van der Waals surface area contributed by atoms with E-state index in [1.165, 1.54) is 0 Å². The number of phenols is 1. The van der Waals surface area contributed by atoms with Crippen molar-refractivity contribution in [2.75, 3.05) is 6.54 Å². The number of hydrogen-bond acceptors (Lipinski definition) is 4. The summed E-state index contributed by atoms with van der Waals surface area (Å²) in [6.07, 6.45) is -0.145. The van der Waals surface area contributed by atoms with Crippen molar-refractivity contribution in [3.63, 3.8) is 0 Å². The summed E-state index contributed by atoms with van der Waals surface area (Å²) in [5.41, 5.74) is 1.13. The Kier molecular flexibility index (Phi) is 7.26. The number of amides is 1. The highest BCUT2D eigenvalue weighted by Gasteiger charge is 2.16. The van der Waals surface area contributed by atoms with Gasteiger partial charge < -0.3 is 20.3 Å². The minimum absolute atomic E-state index is 0.0488. The summed E-state index contributed by atoms with van der Waals surface area (Å²) in [6.45, 7) is 4.00. The molecule has 2 aromatic carbocycles. The zero-order valence-corrected chi connectivity index (χ0v) is 17.9. The molecule has 0 aliphatic carbocycles. The highest BCUT2D eigenvalue weighted by atomic mass is 79.9. The van der Waals surface area contributed by atoms with Crippen LogP contribution in [-0.2, 0) is 4.79 Å². The molecule has 0 fully saturated rings. The Morgan fingerprint density at radius 1 is 1.15 bits per heavy atom. The fraction of sp³-hybridized carbons (Fsp3) is 0.263. The predicted octanol–water partition coefficient (Wildman–Crippen LogP) is 5.04. The van der Waals surface area contributed by atoms with Crippen LogP contribution in [0.3, 0.4) is 0 Å². The van der Waals surface area contributed by atoms with Gasteiger partial charge in [0.15, 0.2) is 5.75 Å². The van der Waals surface area contributed by atoms with Crippen LogP contribution in [-0.4, -0.2) is 28.6 Å². The van der Waals surface area contributed by atoms with Gasteiger partial charge in [0, 0.05) is 17.7 Å². The molecule has 0 radical (unpaired) electrons. The minimum atomic E-state index is -0.976. The van der Waals surface area contributed by atoms with Gasteiger partial charge in [0.05, 0.1) is 15.4 Å². The van der Waals surface area contributed by atoms with Gasteiger partial charge >= 0.3 is 5.97 Å². The summed E-state index contributed by atoms with van der Waals surface area (Å²) in [6, 6.07) is 8.20. The van der Waals surface area contributed by atoms with E-state index in [0.717, 1.165) is 5.56 Å². The highest BCUT2D eigenvalue weighted by molar-refractivity contribution is 9.11. The van der Waals surface area contributed by atoms with Crippen molar-refractivity contribution in [2.45, 2.75) is 26.2 Å². The lowest BCUT2D eigenvalue weighted by Gasteiger charge is -2.14. The number of carbonyl (C=O) groups is 2. The van der Waals surface area contributed by atoms with Gasteiger partial charge in [-0.05, 0) is 68.1 Å². The fourth-order valence-electron chi connectivity index (χ4n) is 2.35. The van der Waals surface area contributed by atoms with E-state index in [1.807, 2.05) is 13.8 Å². The maximum atomic E-state index is 12.1. The van der Waals surface area contributed by atoms with Crippen LogP contribution in [0.25, 0.3) is 0 Å². The third-order valence-electron chi connectivity index (χ3n) is 3.73. The van der Waals surface area contributed by atoms with E-state index < -0.39 is 5.97 Å². The van der Waals surface area contributed by atoms with Gasteiger partial charge in [-0.2, -0.15) is 0 Å². The average Bonchev–Trinajstić information content (AvgIpc) is 2.58. The zero-order chi connectivity index (χ0) is 20.1. The summed E-state index contributed by atoms with van der Waals surface area (Å²) in [5.74, 6) is 0.0298. The average molecular weight is 501 g/mol. The molecule has 6 nitrogen and oxygen atoms in total. The van der Waals surface area contributed by atoms with Gasteiger partial charge in [-0.3, -0.25) is 9.59 Å². The number of halogens is 2. The monoisotopic (exact) mass is 499 g/mol. The van der Waals surface area contributed by atoms with Crippen LogP contribution in [0.4, 0.5) is 0 Å². The third-order valence-corrected chi connectivity index (χ3v) is 4.90. The van der Waals surface area contributed by atoms with Crippen LogP contribution in [0.15, 0.2) is 39.3 Å². The second kappa shape index (κ2) is 9.23. The molecule has 8 heteroatoms. The van der Waals surface area contributed by atoms with Crippen LogP contribution >= 0.6 is 31.9 Å². The van der Waals surface area contributed by atoms with Crippen molar-refractivity contribution in [2.24, 2.45) is 0 Å². The molecule has 0 atom stereocenters. The maximum Gasteiger partial charge on any atom is 0.305 e. The summed E-state index contributed by atoms with van der Waals surface area (Å²) >= 11 is 6.80. The van der Waals surface area contributed by atoms with Crippen molar-refractivity contribution >= 4 is 43.7 Å². The van der Waals surface area contributed by atoms with E-state index in [1.54, 1.807) is 30.3 Å². The number of aliphatic carboxylic acids is 1. The van der Waals surface area contributed by atoms with Crippen molar-refractivity contribution < 1.29 is 24.5 Å². The first-order chi connectivity index (χ1) is 12.7. The number of benzene rings is 2. The number of ether oxygens (including phenoxy) is 1. The first-order valence-electron chi connectivity index (χ1n) is 8.18. The predicted molar refractivity (Wildman–Crippen MR) is 109 cm³/mol. The number of rotatable bonds is 7. The highest BCUT2D eigenvalue weighted by Crippen LogP contribution is 2.39. The van der Waals surface area contributed by atoms with Crippen molar-refractivity contribution in [1.82, 2.24) is 5.32 Å². The van der Waals surface area contributed by atoms with Crippen LogP contribution in [0.5, 0.6) is 17.2 Å². The number of carbonyl (C=O) groups excluding carboxylic acids is 1. The first-order valence-corrected chi connectivity index (χ1v) is 9.77. The minimum Gasteiger partial charge on any atom is -0.508 e. The molecule has 0 aliphatic rings. The Morgan fingerprint density at radius 2 is 1.78 bits per heavy atom. The van der Waals surface area contributed by atoms with E-state index in [9.17, 15) is 14.7 Å². The molecule has 0 bridgehead atoms. The fourth-order valence-corrected chi connectivity index (χ4v) is 3.70. The zero-order valence-electron chi connectivity index (χ0n) is 14.8.